The Morgan fingerprint density at radius 1 is 1.47 bits per heavy atom. The summed E-state index contributed by atoms with van der Waals surface area (Å²) in [5.74, 6) is -0.168. The Morgan fingerprint density at radius 3 is 3.00 bits per heavy atom. The number of carbonyl (C=O) groups is 1. The second-order valence-electron chi connectivity index (χ2n) is 4.75. The van der Waals surface area contributed by atoms with Crippen molar-refractivity contribution in [3.05, 3.63) is 23.8 Å². The first kappa shape index (κ1) is 11.7. The number of aromatic nitrogens is 1. The molecule has 1 aromatic heterocycles. The monoisotopic (exact) mass is 258 g/mol. The summed E-state index contributed by atoms with van der Waals surface area (Å²) in [5, 5.41) is 12.8. The number of carbonyl (C=O) groups excluding carboxylic acids is 1. The second kappa shape index (κ2) is 4.38. The lowest BCUT2D eigenvalue weighted by Crippen LogP contribution is -2.36. The largest absolute Gasteiger partial charge is 0.423 e. The average Bonchev–Trinajstić information content (AvgIpc) is 3.11. The predicted octanol–water partition coefficient (Wildman–Crippen LogP) is 2.01. The molecule has 1 aliphatic carbocycles. The summed E-state index contributed by atoms with van der Waals surface area (Å²) in [6.45, 7) is 1.97. The molecule has 1 aliphatic rings. The van der Waals surface area contributed by atoms with Crippen molar-refractivity contribution >= 4 is 29.0 Å². The minimum absolute atomic E-state index is 0.0634. The molecule has 0 atom stereocenters. The number of rotatable bonds is 2. The zero-order valence-electron chi connectivity index (χ0n) is 10.5. The lowest BCUT2D eigenvalue weighted by Gasteiger charge is -2.04. The molecular formula is C13H14N4O2. The van der Waals surface area contributed by atoms with Crippen molar-refractivity contribution in [2.75, 3.05) is 5.32 Å². The third kappa shape index (κ3) is 2.57. The zero-order chi connectivity index (χ0) is 13.4. The summed E-state index contributed by atoms with van der Waals surface area (Å²) in [6, 6.07) is 5.88. The average molecular weight is 258 g/mol. The summed E-state index contributed by atoms with van der Waals surface area (Å²) in [6.07, 6.45) is 1.81. The highest BCUT2D eigenvalue weighted by Crippen LogP contribution is 2.28. The van der Waals surface area contributed by atoms with Crippen LogP contribution in [0.3, 0.4) is 0 Å². The van der Waals surface area contributed by atoms with Gasteiger partial charge in [-0.25, -0.2) is 0 Å². The highest BCUT2D eigenvalue weighted by atomic mass is 16.4. The van der Waals surface area contributed by atoms with E-state index in [1.165, 1.54) is 0 Å². The lowest BCUT2D eigenvalue weighted by molar-refractivity contribution is -0.120. The Bertz CT molecular complexity index is 658. The molecule has 6 heteroatoms. The molecule has 1 amide bonds. The van der Waals surface area contributed by atoms with E-state index >= 15 is 0 Å². The van der Waals surface area contributed by atoms with E-state index in [2.05, 4.69) is 15.6 Å². The van der Waals surface area contributed by atoms with E-state index in [0.717, 1.165) is 23.9 Å². The molecule has 0 aliphatic heterocycles. The van der Waals surface area contributed by atoms with Crippen LogP contribution >= 0.6 is 0 Å². The van der Waals surface area contributed by atoms with Crippen LogP contribution in [0.1, 0.15) is 18.4 Å². The standard InChI is InChI=1S/C13H14N4O2/c1-7-2-5-9-10(6-7)19-13(15-9)17-12(14)16-11(18)8-3-4-8/h2,5-6,8H,3-4H2,1H3,(H3,14,15,16,17,18). The highest BCUT2D eigenvalue weighted by molar-refractivity contribution is 6.03. The quantitative estimate of drug-likeness (QED) is 0.567. The van der Waals surface area contributed by atoms with Crippen LogP contribution in [0, 0.1) is 18.3 Å². The van der Waals surface area contributed by atoms with Crippen molar-refractivity contribution in [1.82, 2.24) is 10.3 Å². The molecule has 0 bridgehead atoms. The van der Waals surface area contributed by atoms with Gasteiger partial charge in [-0.2, -0.15) is 4.98 Å². The topological polar surface area (TPSA) is 91.0 Å². The van der Waals surface area contributed by atoms with Crippen molar-refractivity contribution < 1.29 is 9.21 Å². The van der Waals surface area contributed by atoms with Crippen molar-refractivity contribution in [2.45, 2.75) is 19.8 Å². The summed E-state index contributed by atoms with van der Waals surface area (Å²) in [4.78, 5) is 15.7. The molecule has 3 N–H and O–H groups in total. The Kier molecular flexibility index (Phi) is 2.70. The molecule has 6 nitrogen and oxygen atoms in total. The summed E-state index contributed by atoms with van der Waals surface area (Å²) in [5.41, 5.74) is 2.45. The normalized spacial score (nSPS) is 14.4. The molecule has 98 valence electrons. The van der Waals surface area contributed by atoms with Gasteiger partial charge >= 0.3 is 6.01 Å². The van der Waals surface area contributed by atoms with Gasteiger partial charge in [-0.1, -0.05) is 6.07 Å². The Labute approximate surface area is 109 Å². The number of nitrogens with one attached hydrogen (secondary N) is 3. The van der Waals surface area contributed by atoms with Gasteiger partial charge in [0.25, 0.3) is 0 Å². The molecule has 2 aromatic rings. The van der Waals surface area contributed by atoms with Gasteiger partial charge in [0.1, 0.15) is 5.52 Å². The smallest absolute Gasteiger partial charge is 0.302 e. The zero-order valence-corrected chi connectivity index (χ0v) is 10.5. The molecule has 1 fully saturated rings. The number of anilines is 1. The number of hydrogen-bond donors (Lipinski definition) is 3. The van der Waals surface area contributed by atoms with Crippen molar-refractivity contribution in [3.63, 3.8) is 0 Å². The van der Waals surface area contributed by atoms with Crippen LogP contribution in [-0.4, -0.2) is 16.9 Å². The van der Waals surface area contributed by atoms with Gasteiger partial charge in [-0.05, 0) is 37.5 Å². The molecule has 3 rings (SSSR count). The summed E-state index contributed by atoms with van der Waals surface area (Å²) < 4.78 is 5.46. The second-order valence-corrected chi connectivity index (χ2v) is 4.75. The molecule has 0 spiro atoms. The van der Waals surface area contributed by atoms with Gasteiger partial charge in [-0.15, -0.1) is 0 Å². The van der Waals surface area contributed by atoms with E-state index in [9.17, 15) is 4.79 Å². The van der Waals surface area contributed by atoms with Crippen LogP contribution in [-0.2, 0) is 4.79 Å². The maximum atomic E-state index is 11.5. The molecular weight excluding hydrogens is 244 g/mol. The third-order valence-electron chi connectivity index (χ3n) is 2.97. The number of amides is 1. The van der Waals surface area contributed by atoms with Crippen molar-refractivity contribution in [1.29, 1.82) is 5.41 Å². The first-order valence-electron chi connectivity index (χ1n) is 6.15. The maximum Gasteiger partial charge on any atom is 0.302 e. The Hall–Kier alpha value is -2.37. The van der Waals surface area contributed by atoms with Crippen molar-refractivity contribution in [2.24, 2.45) is 5.92 Å². The van der Waals surface area contributed by atoms with E-state index in [1.807, 2.05) is 25.1 Å². The summed E-state index contributed by atoms with van der Waals surface area (Å²) in [7, 11) is 0. The van der Waals surface area contributed by atoms with E-state index in [-0.39, 0.29) is 23.8 Å². The van der Waals surface area contributed by atoms with Gasteiger partial charge < -0.3 is 4.42 Å². The molecule has 1 aromatic carbocycles. The number of oxazole rings is 1. The van der Waals surface area contributed by atoms with Gasteiger partial charge in [0.15, 0.2) is 5.58 Å². The molecule has 0 radical (unpaired) electrons. The fourth-order valence-electron chi connectivity index (χ4n) is 1.79. The van der Waals surface area contributed by atoms with Crippen LogP contribution < -0.4 is 10.6 Å². The first-order valence-corrected chi connectivity index (χ1v) is 6.15. The number of fused-ring (bicyclic) bond motifs is 1. The van der Waals surface area contributed by atoms with Crippen molar-refractivity contribution in [3.8, 4) is 0 Å². The van der Waals surface area contributed by atoms with E-state index < -0.39 is 0 Å². The Morgan fingerprint density at radius 2 is 2.26 bits per heavy atom. The first-order chi connectivity index (χ1) is 9.11. The molecule has 1 heterocycles. The van der Waals surface area contributed by atoms with Crippen LogP contribution in [0.5, 0.6) is 0 Å². The third-order valence-corrected chi connectivity index (χ3v) is 2.97. The number of nitrogens with zero attached hydrogens (tertiary/aromatic N) is 1. The minimum atomic E-state index is -0.121. The summed E-state index contributed by atoms with van der Waals surface area (Å²) >= 11 is 0. The minimum Gasteiger partial charge on any atom is -0.423 e. The number of aryl methyl sites for hydroxylation is 1. The van der Waals surface area contributed by atoms with Gasteiger partial charge in [0, 0.05) is 5.92 Å². The number of benzene rings is 1. The Balaban J connectivity index is 1.70. The van der Waals surface area contributed by atoms with E-state index in [1.54, 1.807) is 0 Å². The fourth-order valence-corrected chi connectivity index (χ4v) is 1.79. The van der Waals surface area contributed by atoms with Gasteiger partial charge in [0.2, 0.25) is 11.9 Å². The fraction of sp³-hybridized carbons (Fsp3) is 0.308. The highest BCUT2D eigenvalue weighted by Gasteiger charge is 2.30. The molecule has 19 heavy (non-hydrogen) atoms. The lowest BCUT2D eigenvalue weighted by atomic mass is 10.2. The van der Waals surface area contributed by atoms with Crippen LogP contribution in [0.15, 0.2) is 22.6 Å². The van der Waals surface area contributed by atoms with Gasteiger partial charge in [-0.3, -0.25) is 20.8 Å². The number of guanidine groups is 1. The van der Waals surface area contributed by atoms with Crippen LogP contribution in [0.25, 0.3) is 11.1 Å². The van der Waals surface area contributed by atoms with Crippen LogP contribution in [0.2, 0.25) is 0 Å². The number of hydrogen-bond acceptors (Lipinski definition) is 4. The molecule has 1 saturated carbocycles. The van der Waals surface area contributed by atoms with Crippen LogP contribution in [0.4, 0.5) is 6.01 Å². The molecule has 0 saturated heterocycles. The maximum absolute atomic E-state index is 11.5. The van der Waals surface area contributed by atoms with Gasteiger partial charge in [0.05, 0.1) is 0 Å². The van der Waals surface area contributed by atoms with E-state index in [4.69, 9.17) is 9.83 Å². The predicted molar refractivity (Wildman–Crippen MR) is 71.0 cm³/mol. The SMILES string of the molecule is Cc1ccc2nc(NC(=N)NC(=O)C3CC3)oc2c1. The molecule has 0 unspecified atom stereocenters. The van der Waals surface area contributed by atoms with E-state index in [0.29, 0.717) is 5.58 Å².